The van der Waals surface area contributed by atoms with E-state index in [-0.39, 0.29) is 0 Å². The molecule has 1 rings (SSSR count). The number of likely N-dealkylation sites (tertiary alicyclic amines) is 1. The molecule has 0 aromatic rings. The highest BCUT2D eigenvalue weighted by Crippen LogP contribution is 2.23. The van der Waals surface area contributed by atoms with Crippen molar-refractivity contribution in [3.8, 4) is 0 Å². The van der Waals surface area contributed by atoms with Crippen molar-refractivity contribution in [1.82, 2.24) is 4.90 Å². The van der Waals surface area contributed by atoms with Crippen LogP contribution in [0.4, 0.5) is 0 Å². The van der Waals surface area contributed by atoms with E-state index in [2.05, 4.69) is 25.7 Å². The summed E-state index contributed by atoms with van der Waals surface area (Å²) in [6, 6.07) is 0. The lowest BCUT2D eigenvalue weighted by molar-refractivity contribution is 0.0591. The van der Waals surface area contributed by atoms with Crippen LogP contribution >= 0.6 is 0 Å². The predicted octanol–water partition coefficient (Wildman–Crippen LogP) is 1.31. The van der Waals surface area contributed by atoms with Crippen LogP contribution in [0, 0.1) is 11.3 Å². The molecule has 1 aliphatic rings. The smallest absolute Gasteiger partial charge is 0.00450 e. The molecule has 12 heavy (non-hydrogen) atoms. The molecule has 2 nitrogen and oxygen atoms in total. The second kappa shape index (κ2) is 3.75. The van der Waals surface area contributed by atoms with E-state index in [4.69, 9.17) is 5.73 Å². The maximum Gasteiger partial charge on any atom is 0.00450 e. The molecular formula is C10H22N2. The van der Waals surface area contributed by atoms with Gasteiger partial charge in [0.1, 0.15) is 0 Å². The molecule has 0 aliphatic carbocycles. The molecule has 0 spiro atoms. The number of rotatable bonds is 4. The van der Waals surface area contributed by atoms with E-state index in [0.29, 0.717) is 5.41 Å². The Balaban J connectivity index is 2.18. The lowest BCUT2D eigenvalue weighted by atomic mass is 9.89. The van der Waals surface area contributed by atoms with Crippen molar-refractivity contribution in [2.24, 2.45) is 17.1 Å². The monoisotopic (exact) mass is 170 g/mol. The third-order valence-corrected chi connectivity index (χ3v) is 2.81. The summed E-state index contributed by atoms with van der Waals surface area (Å²) in [6.07, 6.45) is 1.33. The molecule has 0 aromatic heterocycles. The first-order valence-electron chi connectivity index (χ1n) is 5.00. The van der Waals surface area contributed by atoms with Crippen molar-refractivity contribution < 1.29 is 0 Å². The fraction of sp³-hybridized carbons (Fsp3) is 1.00. The van der Waals surface area contributed by atoms with E-state index in [1.165, 1.54) is 26.1 Å². The van der Waals surface area contributed by atoms with Gasteiger partial charge in [0.25, 0.3) is 0 Å². The van der Waals surface area contributed by atoms with E-state index in [9.17, 15) is 0 Å². The van der Waals surface area contributed by atoms with Crippen LogP contribution in [0.3, 0.4) is 0 Å². The van der Waals surface area contributed by atoms with Gasteiger partial charge in [-0.1, -0.05) is 27.2 Å². The standard InChI is InChI=1S/C10H22N2/c1-4-9-5-12(6-9)8-10(2,3)7-11/h9H,4-8,11H2,1-3H3. The maximum atomic E-state index is 5.67. The van der Waals surface area contributed by atoms with Crippen LogP contribution in [0.25, 0.3) is 0 Å². The molecule has 72 valence electrons. The zero-order valence-electron chi connectivity index (χ0n) is 8.64. The van der Waals surface area contributed by atoms with Crippen LogP contribution in [0.2, 0.25) is 0 Å². The predicted molar refractivity (Wildman–Crippen MR) is 53.1 cm³/mol. The van der Waals surface area contributed by atoms with Crippen LogP contribution in [0.15, 0.2) is 0 Å². The average molecular weight is 170 g/mol. The van der Waals surface area contributed by atoms with Crippen LogP contribution in [0.1, 0.15) is 27.2 Å². The number of nitrogens with zero attached hydrogens (tertiary/aromatic N) is 1. The topological polar surface area (TPSA) is 29.3 Å². The highest BCUT2D eigenvalue weighted by molar-refractivity contribution is 4.83. The Morgan fingerprint density at radius 1 is 1.42 bits per heavy atom. The van der Waals surface area contributed by atoms with Crippen LogP contribution in [0.5, 0.6) is 0 Å². The molecule has 2 heteroatoms. The van der Waals surface area contributed by atoms with Gasteiger partial charge >= 0.3 is 0 Å². The van der Waals surface area contributed by atoms with Crippen molar-refractivity contribution in [2.45, 2.75) is 27.2 Å². The first-order chi connectivity index (χ1) is 5.57. The van der Waals surface area contributed by atoms with Gasteiger partial charge in [-0.3, -0.25) is 0 Å². The van der Waals surface area contributed by atoms with Crippen LogP contribution in [-0.4, -0.2) is 31.1 Å². The normalized spacial score (nSPS) is 21.0. The van der Waals surface area contributed by atoms with Crippen LogP contribution in [-0.2, 0) is 0 Å². The van der Waals surface area contributed by atoms with E-state index < -0.39 is 0 Å². The molecule has 1 aliphatic heterocycles. The van der Waals surface area contributed by atoms with Crippen molar-refractivity contribution in [3.05, 3.63) is 0 Å². The molecule has 0 amide bonds. The summed E-state index contributed by atoms with van der Waals surface area (Å²) in [6.45, 7) is 11.3. The summed E-state index contributed by atoms with van der Waals surface area (Å²) in [5.74, 6) is 0.957. The molecule has 1 heterocycles. The molecule has 1 saturated heterocycles. The minimum absolute atomic E-state index is 0.304. The average Bonchev–Trinajstić information content (AvgIpc) is 1.96. The SMILES string of the molecule is CCC1CN(CC(C)(C)CN)C1. The summed E-state index contributed by atoms with van der Waals surface area (Å²) in [5.41, 5.74) is 5.98. The molecule has 0 atom stereocenters. The second-order valence-corrected chi connectivity index (χ2v) is 4.84. The van der Waals surface area contributed by atoms with Gasteiger partial charge in [-0.25, -0.2) is 0 Å². The fourth-order valence-electron chi connectivity index (χ4n) is 1.73. The molecule has 0 saturated carbocycles. The van der Waals surface area contributed by atoms with Gasteiger partial charge in [0.2, 0.25) is 0 Å². The Labute approximate surface area is 76.1 Å². The van der Waals surface area contributed by atoms with Gasteiger partial charge < -0.3 is 10.6 Å². The third kappa shape index (κ3) is 2.46. The van der Waals surface area contributed by atoms with Gasteiger partial charge in [0.05, 0.1) is 0 Å². The number of hydrogen-bond donors (Lipinski definition) is 1. The van der Waals surface area contributed by atoms with E-state index in [1.807, 2.05) is 0 Å². The summed E-state index contributed by atoms with van der Waals surface area (Å²) in [4.78, 5) is 2.51. The first-order valence-corrected chi connectivity index (χ1v) is 5.00. The van der Waals surface area contributed by atoms with Crippen molar-refractivity contribution in [2.75, 3.05) is 26.2 Å². The molecule has 2 N–H and O–H groups in total. The zero-order chi connectivity index (χ0) is 9.19. The Morgan fingerprint density at radius 2 is 2.00 bits per heavy atom. The summed E-state index contributed by atoms with van der Waals surface area (Å²) in [7, 11) is 0. The van der Waals surface area contributed by atoms with Gasteiger partial charge in [0.15, 0.2) is 0 Å². The lowest BCUT2D eigenvalue weighted by Crippen LogP contribution is -2.51. The Hall–Kier alpha value is -0.0800. The summed E-state index contributed by atoms with van der Waals surface area (Å²) >= 11 is 0. The van der Waals surface area contributed by atoms with Crippen molar-refractivity contribution in [3.63, 3.8) is 0 Å². The zero-order valence-corrected chi connectivity index (χ0v) is 8.64. The fourth-order valence-corrected chi connectivity index (χ4v) is 1.73. The largest absolute Gasteiger partial charge is 0.330 e. The minimum Gasteiger partial charge on any atom is -0.330 e. The number of nitrogens with two attached hydrogens (primary N) is 1. The first kappa shape index (κ1) is 10.0. The minimum atomic E-state index is 0.304. The Kier molecular flexibility index (Phi) is 3.13. The molecule has 0 aromatic carbocycles. The Bertz CT molecular complexity index is 137. The van der Waals surface area contributed by atoms with Crippen LogP contribution < -0.4 is 5.73 Å². The molecule has 0 bridgehead atoms. The van der Waals surface area contributed by atoms with Gasteiger partial charge in [-0.05, 0) is 17.9 Å². The highest BCUT2D eigenvalue weighted by Gasteiger charge is 2.29. The molecule has 0 unspecified atom stereocenters. The van der Waals surface area contributed by atoms with E-state index in [0.717, 1.165) is 12.5 Å². The number of hydrogen-bond acceptors (Lipinski definition) is 2. The molecule has 0 radical (unpaired) electrons. The molecular weight excluding hydrogens is 148 g/mol. The van der Waals surface area contributed by atoms with Gasteiger partial charge in [-0.15, -0.1) is 0 Å². The van der Waals surface area contributed by atoms with E-state index >= 15 is 0 Å². The van der Waals surface area contributed by atoms with E-state index in [1.54, 1.807) is 0 Å². The highest BCUT2D eigenvalue weighted by atomic mass is 15.2. The summed E-state index contributed by atoms with van der Waals surface area (Å²) in [5, 5.41) is 0. The van der Waals surface area contributed by atoms with Crippen molar-refractivity contribution in [1.29, 1.82) is 0 Å². The quantitative estimate of drug-likeness (QED) is 0.689. The van der Waals surface area contributed by atoms with Gasteiger partial charge in [-0.2, -0.15) is 0 Å². The molecule has 1 fully saturated rings. The third-order valence-electron chi connectivity index (χ3n) is 2.81. The lowest BCUT2D eigenvalue weighted by Gasteiger charge is -2.43. The van der Waals surface area contributed by atoms with Gasteiger partial charge in [0, 0.05) is 19.6 Å². The second-order valence-electron chi connectivity index (χ2n) is 4.84. The Morgan fingerprint density at radius 3 is 2.42 bits per heavy atom. The van der Waals surface area contributed by atoms with Crippen molar-refractivity contribution >= 4 is 0 Å². The summed E-state index contributed by atoms with van der Waals surface area (Å²) < 4.78 is 0. The maximum absolute atomic E-state index is 5.67.